The zero-order valence-corrected chi connectivity index (χ0v) is 16.5. The summed E-state index contributed by atoms with van der Waals surface area (Å²) in [7, 11) is 1.61. The molecule has 0 aliphatic heterocycles. The monoisotopic (exact) mass is 402 g/mol. The molecule has 4 aromatic rings. The Morgan fingerprint density at radius 1 is 1.03 bits per heavy atom. The molecule has 0 unspecified atom stereocenters. The van der Waals surface area contributed by atoms with Gasteiger partial charge in [-0.15, -0.1) is 10.2 Å². The van der Waals surface area contributed by atoms with Crippen LogP contribution in [0.2, 0.25) is 0 Å². The maximum absolute atomic E-state index is 13.1. The van der Waals surface area contributed by atoms with Gasteiger partial charge in [0.15, 0.2) is 0 Å². The van der Waals surface area contributed by atoms with Gasteiger partial charge in [0.2, 0.25) is 5.91 Å². The first-order valence-corrected chi connectivity index (χ1v) is 9.28. The van der Waals surface area contributed by atoms with E-state index in [9.17, 15) is 9.18 Å². The van der Waals surface area contributed by atoms with Crippen molar-refractivity contribution in [2.24, 2.45) is 0 Å². The predicted molar refractivity (Wildman–Crippen MR) is 114 cm³/mol. The number of methoxy groups -OCH3 is 1. The number of nitrogens with one attached hydrogen (secondary N) is 1. The van der Waals surface area contributed by atoms with Crippen LogP contribution in [0.5, 0.6) is 5.75 Å². The number of rotatable bonds is 5. The lowest BCUT2D eigenvalue weighted by Crippen LogP contribution is -2.08. The molecule has 0 atom stereocenters. The van der Waals surface area contributed by atoms with Crippen LogP contribution < -0.4 is 10.1 Å². The number of hydrogen-bond donors (Lipinski definition) is 1. The normalized spacial score (nSPS) is 11.2. The molecule has 3 aromatic carbocycles. The average Bonchev–Trinajstić information content (AvgIpc) is 3.16. The van der Waals surface area contributed by atoms with Crippen LogP contribution in [0, 0.1) is 12.7 Å². The topological polar surface area (TPSA) is 69.0 Å². The van der Waals surface area contributed by atoms with Gasteiger partial charge < -0.3 is 10.1 Å². The second kappa shape index (κ2) is 8.16. The second-order valence-electron chi connectivity index (χ2n) is 6.72. The van der Waals surface area contributed by atoms with Crippen molar-refractivity contribution in [2.75, 3.05) is 12.4 Å². The molecule has 0 fully saturated rings. The molecular formula is C23H19FN4O2. The van der Waals surface area contributed by atoms with E-state index < -0.39 is 0 Å². The number of carbonyl (C=O) groups excluding carboxylic acids is 1. The highest BCUT2D eigenvalue weighted by molar-refractivity contribution is 6.03. The van der Waals surface area contributed by atoms with Crippen LogP contribution in [0.15, 0.2) is 66.7 Å². The van der Waals surface area contributed by atoms with Gasteiger partial charge in [-0.1, -0.05) is 12.1 Å². The third-order valence-corrected chi connectivity index (χ3v) is 4.58. The summed E-state index contributed by atoms with van der Waals surface area (Å²) < 4.78 is 18.3. The number of carbonyl (C=O) groups is 1. The maximum atomic E-state index is 13.1. The van der Waals surface area contributed by atoms with Gasteiger partial charge in [0.25, 0.3) is 0 Å². The molecule has 0 spiro atoms. The number of ether oxygens (including phenoxy) is 1. The summed E-state index contributed by atoms with van der Waals surface area (Å²) in [6.45, 7) is 1.89. The molecule has 150 valence electrons. The Bertz CT molecular complexity index is 1230. The van der Waals surface area contributed by atoms with E-state index in [-0.39, 0.29) is 11.7 Å². The Balaban J connectivity index is 1.53. The molecule has 1 N–H and O–H groups in total. The summed E-state index contributed by atoms with van der Waals surface area (Å²) in [5.74, 6) is 0.187. The van der Waals surface area contributed by atoms with Crippen molar-refractivity contribution in [1.29, 1.82) is 0 Å². The molecule has 6 nitrogen and oxygen atoms in total. The molecule has 1 amide bonds. The summed E-state index contributed by atoms with van der Waals surface area (Å²) in [5.41, 5.74) is 4.36. The molecule has 0 aliphatic carbocycles. The van der Waals surface area contributed by atoms with E-state index in [0.717, 1.165) is 16.9 Å². The fourth-order valence-corrected chi connectivity index (χ4v) is 2.95. The van der Waals surface area contributed by atoms with Crippen molar-refractivity contribution in [3.8, 4) is 11.4 Å². The van der Waals surface area contributed by atoms with Gasteiger partial charge in [0.05, 0.1) is 12.8 Å². The van der Waals surface area contributed by atoms with Crippen molar-refractivity contribution in [1.82, 2.24) is 15.0 Å². The molecule has 7 heteroatoms. The number of hydrogen-bond acceptors (Lipinski definition) is 4. The van der Waals surface area contributed by atoms with Crippen molar-refractivity contribution < 1.29 is 13.9 Å². The first kappa shape index (κ1) is 19.3. The lowest BCUT2D eigenvalue weighted by atomic mass is 10.1. The van der Waals surface area contributed by atoms with Crippen molar-refractivity contribution in [3.05, 3.63) is 83.7 Å². The zero-order valence-electron chi connectivity index (χ0n) is 16.5. The van der Waals surface area contributed by atoms with Crippen LogP contribution in [-0.4, -0.2) is 28.0 Å². The smallest absolute Gasteiger partial charge is 0.248 e. The van der Waals surface area contributed by atoms with E-state index in [1.807, 2.05) is 37.3 Å². The third-order valence-electron chi connectivity index (χ3n) is 4.58. The fraction of sp³-hybridized carbons (Fsp3) is 0.0870. The van der Waals surface area contributed by atoms with Gasteiger partial charge in [-0.3, -0.25) is 4.79 Å². The van der Waals surface area contributed by atoms with Crippen LogP contribution in [0.25, 0.3) is 22.8 Å². The largest absolute Gasteiger partial charge is 0.497 e. The number of aryl methyl sites for hydroxylation is 1. The maximum Gasteiger partial charge on any atom is 0.248 e. The Hall–Kier alpha value is -4.00. The first-order valence-electron chi connectivity index (χ1n) is 9.28. The minimum Gasteiger partial charge on any atom is -0.497 e. The number of benzene rings is 3. The number of halogens is 1. The minimum atomic E-state index is -0.320. The summed E-state index contributed by atoms with van der Waals surface area (Å²) in [4.78, 5) is 13.8. The van der Waals surface area contributed by atoms with E-state index in [2.05, 4.69) is 15.5 Å². The quantitative estimate of drug-likeness (QED) is 0.498. The molecule has 0 bridgehead atoms. The van der Waals surface area contributed by atoms with Crippen LogP contribution >= 0.6 is 0 Å². The lowest BCUT2D eigenvalue weighted by Gasteiger charge is -2.05. The highest BCUT2D eigenvalue weighted by Crippen LogP contribution is 2.22. The van der Waals surface area contributed by atoms with Crippen molar-refractivity contribution >= 4 is 28.7 Å². The third kappa shape index (κ3) is 4.20. The van der Waals surface area contributed by atoms with Crippen molar-refractivity contribution in [2.45, 2.75) is 6.92 Å². The number of nitrogens with zero attached hydrogens (tertiary/aromatic N) is 3. The van der Waals surface area contributed by atoms with Crippen LogP contribution in [0.3, 0.4) is 0 Å². The number of amides is 1. The van der Waals surface area contributed by atoms with Crippen LogP contribution in [0.4, 0.5) is 10.1 Å². The summed E-state index contributed by atoms with van der Waals surface area (Å²) in [6, 6.07) is 17.0. The van der Waals surface area contributed by atoms with E-state index >= 15 is 0 Å². The molecule has 0 aliphatic rings. The van der Waals surface area contributed by atoms with Gasteiger partial charge in [-0.2, -0.15) is 4.80 Å². The molecule has 1 aromatic heterocycles. The van der Waals surface area contributed by atoms with Gasteiger partial charge in [0, 0.05) is 11.8 Å². The Kier molecular flexibility index (Phi) is 5.26. The molecule has 1 heterocycles. The Morgan fingerprint density at radius 3 is 2.37 bits per heavy atom. The van der Waals surface area contributed by atoms with Crippen molar-refractivity contribution in [3.63, 3.8) is 0 Å². The Morgan fingerprint density at radius 2 is 1.70 bits per heavy atom. The predicted octanol–water partition coefficient (Wildman–Crippen LogP) is 4.53. The highest BCUT2D eigenvalue weighted by atomic mass is 19.1. The molecule has 30 heavy (non-hydrogen) atoms. The number of aromatic nitrogens is 3. The lowest BCUT2D eigenvalue weighted by molar-refractivity contribution is -0.111. The molecule has 0 saturated heterocycles. The zero-order chi connectivity index (χ0) is 21.1. The fourth-order valence-electron chi connectivity index (χ4n) is 2.95. The van der Waals surface area contributed by atoms with Crippen LogP contribution in [-0.2, 0) is 4.79 Å². The second-order valence-corrected chi connectivity index (χ2v) is 6.72. The minimum absolute atomic E-state index is 0.251. The van der Waals surface area contributed by atoms with E-state index in [1.165, 1.54) is 23.0 Å². The summed E-state index contributed by atoms with van der Waals surface area (Å²) in [5, 5.41) is 11.7. The van der Waals surface area contributed by atoms with Gasteiger partial charge in [-0.25, -0.2) is 4.39 Å². The molecule has 0 radical (unpaired) electrons. The number of anilines is 1. The van der Waals surface area contributed by atoms with Gasteiger partial charge in [0.1, 0.15) is 22.6 Å². The van der Waals surface area contributed by atoms with Gasteiger partial charge >= 0.3 is 0 Å². The molecular weight excluding hydrogens is 383 g/mol. The van der Waals surface area contributed by atoms with E-state index in [0.29, 0.717) is 22.4 Å². The van der Waals surface area contributed by atoms with Crippen LogP contribution in [0.1, 0.15) is 11.1 Å². The molecule has 0 saturated carbocycles. The molecule has 4 rings (SSSR count). The van der Waals surface area contributed by atoms with Gasteiger partial charge in [-0.05, 0) is 72.7 Å². The SMILES string of the molecule is COc1ccc(/C=C/C(=O)Nc2cc3nn(-c4ccc(F)cc4)nc3cc2C)cc1. The first-order chi connectivity index (χ1) is 14.5. The van der Waals surface area contributed by atoms with E-state index in [1.54, 1.807) is 31.4 Å². The average molecular weight is 402 g/mol. The summed E-state index contributed by atoms with van der Waals surface area (Å²) in [6.07, 6.45) is 3.20. The number of fused-ring (bicyclic) bond motifs is 1. The highest BCUT2D eigenvalue weighted by Gasteiger charge is 2.10. The summed E-state index contributed by atoms with van der Waals surface area (Å²) >= 11 is 0. The Labute approximate surface area is 172 Å². The standard InChI is InChI=1S/C23H19FN4O2/c1-15-13-21-22(27-28(26-21)18-8-6-17(24)7-9-18)14-20(15)25-23(29)12-5-16-3-10-19(30-2)11-4-16/h3-14H,1-2H3,(H,25,29)/b12-5+. The van der Waals surface area contributed by atoms with E-state index in [4.69, 9.17) is 4.74 Å².